The fourth-order valence-corrected chi connectivity index (χ4v) is 5.75. The Morgan fingerprint density at radius 2 is 1.00 bits per heavy atom. The fourth-order valence-electron chi connectivity index (χ4n) is 3.26. The van der Waals surface area contributed by atoms with Crippen LogP contribution >= 0.6 is 23.5 Å². The number of thioether (sulfide) groups is 1. The molecule has 0 aliphatic rings. The molecule has 0 saturated carbocycles. The molecule has 6 heteroatoms. The molecule has 0 saturated heterocycles. The van der Waals surface area contributed by atoms with Gasteiger partial charge in [-0.05, 0) is 98.1 Å². The van der Waals surface area contributed by atoms with Gasteiger partial charge in [0, 0.05) is 25.8 Å². The highest BCUT2D eigenvalue weighted by molar-refractivity contribution is 7.99. The normalized spacial score (nSPS) is 11.3. The molecule has 0 radical (unpaired) electrons. The van der Waals surface area contributed by atoms with Gasteiger partial charge >= 0.3 is 0 Å². The van der Waals surface area contributed by atoms with Gasteiger partial charge in [-0.2, -0.15) is 0 Å². The van der Waals surface area contributed by atoms with Crippen LogP contribution in [0.25, 0.3) is 0 Å². The minimum absolute atomic E-state index is 0.00938. The van der Waals surface area contributed by atoms with E-state index in [-0.39, 0.29) is 15.6 Å². The lowest BCUT2D eigenvalue weighted by atomic mass is 10.0. The number of aryl methyl sites for hydroxylation is 1. The number of benzene rings is 4. The highest BCUT2D eigenvalue weighted by atomic mass is 32.2. The van der Waals surface area contributed by atoms with Crippen molar-refractivity contribution in [1.82, 2.24) is 0 Å². The number of ketones is 1. The number of hydrogen-bond acceptors (Lipinski definition) is 5. The Morgan fingerprint density at radius 3 is 1.45 bits per heavy atom. The van der Waals surface area contributed by atoms with Crippen molar-refractivity contribution >= 4 is 39.1 Å². The van der Waals surface area contributed by atoms with E-state index in [0.29, 0.717) is 11.1 Å². The van der Waals surface area contributed by atoms with Gasteiger partial charge in [-0.1, -0.05) is 29.5 Å². The van der Waals surface area contributed by atoms with Gasteiger partial charge in [0.1, 0.15) is 0 Å². The van der Waals surface area contributed by atoms with Crippen molar-refractivity contribution < 1.29 is 13.2 Å². The van der Waals surface area contributed by atoms with Gasteiger partial charge in [-0.25, -0.2) is 8.42 Å². The van der Waals surface area contributed by atoms with Crippen LogP contribution in [-0.4, -0.2) is 20.5 Å². The van der Waals surface area contributed by atoms with Crippen LogP contribution in [0.2, 0.25) is 0 Å². The summed E-state index contributed by atoms with van der Waals surface area (Å²) < 4.78 is 25.7. The second-order valence-electron chi connectivity index (χ2n) is 7.47. The molecule has 4 rings (SSSR count). The SMILES string of the molecule is CSc1ccc(C(=O)c2ccc(Sc3ccc(S(=O)(=O)c4ccc(C)cc4)cc3)cc2)cc1. The van der Waals surface area contributed by atoms with Crippen LogP contribution in [0, 0.1) is 6.92 Å². The largest absolute Gasteiger partial charge is 0.289 e. The molecule has 3 nitrogen and oxygen atoms in total. The Hall–Kier alpha value is -2.80. The summed E-state index contributed by atoms with van der Waals surface area (Å²) in [7, 11) is -3.54. The van der Waals surface area contributed by atoms with E-state index in [4.69, 9.17) is 0 Å². The highest BCUT2D eigenvalue weighted by Crippen LogP contribution is 2.30. The standard InChI is InChI=1S/C27H22O3S3/c1-19-3-15-25(16-4-19)33(29,30)26-17-13-24(14-18-26)32-23-11-7-21(8-12-23)27(28)20-5-9-22(31-2)10-6-20/h3-18H,1-2H3. The molecule has 0 amide bonds. The number of rotatable bonds is 7. The molecule has 0 heterocycles. The van der Waals surface area contributed by atoms with Crippen molar-refractivity contribution in [3.05, 3.63) is 114 Å². The summed E-state index contributed by atoms with van der Waals surface area (Å²) in [5.74, 6) is -0.00938. The summed E-state index contributed by atoms with van der Waals surface area (Å²) in [6.45, 7) is 1.92. The topological polar surface area (TPSA) is 51.2 Å². The first-order valence-electron chi connectivity index (χ1n) is 10.3. The van der Waals surface area contributed by atoms with Crippen molar-refractivity contribution in [3.63, 3.8) is 0 Å². The lowest BCUT2D eigenvalue weighted by molar-refractivity contribution is 0.103. The van der Waals surface area contributed by atoms with E-state index in [0.717, 1.165) is 20.2 Å². The molecule has 0 bridgehead atoms. The summed E-state index contributed by atoms with van der Waals surface area (Å²) in [6.07, 6.45) is 2.00. The molecule has 0 unspecified atom stereocenters. The molecular weight excluding hydrogens is 468 g/mol. The molecule has 4 aromatic rings. The zero-order valence-electron chi connectivity index (χ0n) is 18.2. The lowest BCUT2D eigenvalue weighted by Gasteiger charge is -2.07. The summed E-state index contributed by atoms with van der Waals surface area (Å²) in [5.41, 5.74) is 2.32. The molecular formula is C27H22O3S3. The van der Waals surface area contributed by atoms with Crippen molar-refractivity contribution in [2.45, 2.75) is 31.4 Å². The van der Waals surface area contributed by atoms with Gasteiger partial charge in [-0.3, -0.25) is 4.79 Å². The molecule has 0 fully saturated rings. The van der Waals surface area contributed by atoms with Crippen molar-refractivity contribution in [3.8, 4) is 0 Å². The quantitative estimate of drug-likeness (QED) is 0.208. The first-order valence-corrected chi connectivity index (χ1v) is 13.8. The van der Waals surface area contributed by atoms with Crippen molar-refractivity contribution in [2.24, 2.45) is 0 Å². The maximum atomic E-state index is 12.8. The van der Waals surface area contributed by atoms with Gasteiger partial charge in [0.15, 0.2) is 5.78 Å². The third-order valence-electron chi connectivity index (χ3n) is 5.17. The first kappa shape index (κ1) is 23.4. The van der Waals surface area contributed by atoms with Crippen LogP contribution < -0.4 is 0 Å². The van der Waals surface area contributed by atoms with Gasteiger partial charge < -0.3 is 0 Å². The molecule has 0 N–H and O–H groups in total. The third-order valence-corrected chi connectivity index (χ3v) is 8.71. The molecule has 0 aliphatic carbocycles. The zero-order chi connectivity index (χ0) is 23.4. The number of carbonyl (C=O) groups is 1. The molecule has 33 heavy (non-hydrogen) atoms. The zero-order valence-corrected chi connectivity index (χ0v) is 20.6. The van der Waals surface area contributed by atoms with Crippen LogP contribution in [-0.2, 0) is 9.84 Å². The second-order valence-corrected chi connectivity index (χ2v) is 11.4. The number of hydrogen-bond donors (Lipinski definition) is 0. The number of carbonyl (C=O) groups excluding carboxylic acids is 1. The molecule has 0 atom stereocenters. The minimum Gasteiger partial charge on any atom is -0.289 e. The summed E-state index contributed by atoms with van der Waals surface area (Å²) in [4.78, 5) is 16.3. The van der Waals surface area contributed by atoms with E-state index in [1.807, 2.05) is 61.7 Å². The summed E-state index contributed by atoms with van der Waals surface area (Å²) >= 11 is 3.16. The lowest BCUT2D eigenvalue weighted by Crippen LogP contribution is -2.01. The first-order chi connectivity index (χ1) is 15.9. The maximum Gasteiger partial charge on any atom is 0.206 e. The smallest absolute Gasteiger partial charge is 0.206 e. The minimum atomic E-state index is -3.54. The monoisotopic (exact) mass is 490 g/mol. The van der Waals surface area contributed by atoms with E-state index in [2.05, 4.69) is 0 Å². The van der Waals surface area contributed by atoms with Crippen LogP contribution in [0.1, 0.15) is 21.5 Å². The van der Waals surface area contributed by atoms with Crippen molar-refractivity contribution in [2.75, 3.05) is 6.26 Å². The van der Waals surface area contributed by atoms with Gasteiger partial charge in [-0.15, -0.1) is 11.8 Å². The summed E-state index contributed by atoms with van der Waals surface area (Å²) in [6, 6.07) is 28.8. The van der Waals surface area contributed by atoms with E-state index in [1.54, 1.807) is 60.3 Å². The van der Waals surface area contributed by atoms with E-state index in [9.17, 15) is 13.2 Å². The Morgan fingerprint density at radius 1 is 0.606 bits per heavy atom. The second kappa shape index (κ2) is 10.00. The molecule has 4 aromatic carbocycles. The average molecular weight is 491 g/mol. The predicted octanol–water partition coefficient (Wildman–Crippen LogP) is 6.93. The average Bonchev–Trinajstić information content (AvgIpc) is 2.85. The Labute approximate surface area is 203 Å². The Bertz CT molecular complexity index is 1360. The van der Waals surface area contributed by atoms with E-state index in [1.165, 1.54) is 11.8 Å². The molecule has 0 aliphatic heterocycles. The van der Waals surface area contributed by atoms with E-state index >= 15 is 0 Å². The molecule has 166 valence electrons. The summed E-state index contributed by atoms with van der Waals surface area (Å²) in [5, 5.41) is 0. The van der Waals surface area contributed by atoms with E-state index < -0.39 is 9.84 Å². The molecule has 0 spiro atoms. The predicted molar refractivity (Wildman–Crippen MR) is 135 cm³/mol. The Balaban J connectivity index is 1.46. The maximum absolute atomic E-state index is 12.8. The molecule has 0 aromatic heterocycles. The fraction of sp³-hybridized carbons (Fsp3) is 0.0741. The van der Waals surface area contributed by atoms with Crippen LogP contribution in [0.5, 0.6) is 0 Å². The van der Waals surface area contributed by atoms with Gasteiger partial charge in [0.2, 0.25) is 9.84 Å². The van der Waals surface area contributed by atoms with Gasteiger partial charge in [0.25, 0.3) is 0 Å². The van der Waals surface area contributed by atoms with Gasteiger partial charge in [0.05, 0.1) is 9.79 Å². The van der Waals surface area contributed by atoms with Crippen LogP contribution in [0.3, 0.4) is 0 Å². The van der Waals surface area contributed by atoms with Crippen LogP contribution in [0.4, 0.5) is 0 Å². The Kier molecular flexibility index (Phi) is 7.08. The highest BCUT2D eigenvalue weighted by Gasteiger charge is 2.17. The van der Waals surface area contributed by atoms with Crippen LogP contribution in [0.15, 0.2) is 122 Å². The third kappa shape index (κ3) is 5.41. The number of sulfone groups is 1. The van der Waals surface area contributed by atoms with Crippen molar-refractivity contribution in [1.29, 1.82) is 0 Å².